The second kappa shape index (κ2) is 4.20. The predicted octanol–water partition coefficient (Wildman–Crippen LogP) is 4.91. The Morgan fingerprint density at radius 2 is 2.00 bits per heavy atom. The predicted molar refractivity (Wildman–Crippen MR) is 89.8 cm³/mol. The van der Waals surface area contributed by atoms with Gasteiger partial charge in [-0.25, -0.2) is 4.98 Å². The number of benzene rings is 1. The standard InChI is InChI=1S/C18H17BrN2/c1-11-8-12(19)10-21-15-9-18(2,3)14-7-5-4-6-13(14)16(15)20-17(11)21/h4-8,10H,9H2,1-3H3. The Hall–Kier alpha value is -1.61. The van der Waals surface area contributed by atoms with Gasteiger partial charge in [0, 0.05) is 16.2 Å². The molecule has 0 aliphatic heterocycles. The Labute approximate surface area is 133 Å². The molecular formula is C18H17BrN2. The van der Waals surface area contributed by atoms with Crippen LogP contribution in [-0.2, 0) is 11.8 Å². The largest absolute Gasteiger partial charge is 0.302 e. The molecule has 0 spiro atoms. The van der Waals surface area contributed by atoms with E-state index in [1.54, 1.807) is 0 Å². The van der Waals surface area contributed by atoms with E-state index in [0.717, 1.165) is 22.2 Å². The number of fused-ring (bicyclic) bond motifs is 5. The van der Waals surface area contributed by atoms with Crippen molar-refractivity contribution in [3.8, 4) is 11.3 Å². The van der Waals surface area contributed by atoms with E-state index in [4.69, 9.17) is 4.98 Å². The first kappa shape index (κ1) is 13.1. The van der Waals surface area contributed by atoms with Crippen LogP contribution in [0, 0.1) is 6.92 Å². The smallest absolute Gasteiger partial charge is 0.140 e. The molecule has 0 radical (unpaired) electrons. The van der Waals surface area contributed by atoms with E-state index >= 15 is 0 Å². The van der Waals surface area contributed by atoms with Crippen molar-refractivity contribution in [1.29, 1.82) is 0 Å². The van der Waals surface area contributed by atoms with E-state index in [1.807, 2.05) is 0 Å². The summed E-state index contributed by atoms with van der Waals surface area (Å²) in [5, 5.41) is 0. The topological polar surface area (TPSA) is 17.3 Å². The fourth-order valence-electron chi connectivity index (χ4n) is 3.49. The third-order valence-corrected chi connectivity index (χ3v) is 4.92. The Morgan fingerprint density at radius 1 is 1.24 bits per heavy atom. The zero-order chi connectivity index (χ0) is 14.8. The highest BCUT2D eigenvalue weighted by Crippen LogP contribution is 2.43. The summed E-state index contributed by atoms with van der Waals surface area (Å²) < 4.78 is 3.36. The van der Waals surface area contributed by atoms with Crippen LogP contribution in [0.5, 0.6) is 0 Å². The van der Waals surface area contributed by atoms with E-state index in [1.165, 1.54) is 22.4 Å². The molecule has 0 fully saturated rings. The molecule has 0 unspecified atom stereocenters. The summed E-state index contributed by atoms with van der Waals surface area (Å²) >= 11 is 3.61. The van der Waals surface area contributed by atoms with E-state index in [2.05, 4.69) is 77.6 Å². The van der Waals surface area contributed by atoms with Crippen molar-refractivity contribution in [2.75, 3.05) is 0 Å². The molecular weight excluding hydrogens is 324 g/mol. The number of pyridine rings is 1. The van der Waals surface area contributed by atoms with Gasteiger partial charge in [-0.05, 0) is 51.9 Å². The Morgan fingerprint density at radius 3 is 2.81 bits per heavy atom. The molecule has 4 rings (SSSR count). The zero-order valence-corrected chi connectivity index (χ0v) is 14.0. The first-order chi connectivity index (χ1) is 9.97. The van der Waals surface area contributed by atoms with Gasteiger partial charge in [-0.15, -0.1) is 0 Å². The maximum Gasteiger partial charge on any atom is 0.140 e. The van der Waals surface area contributed by atoms with Crippen LogP contribution in [0.3, 0.4) is 0 Å². The van der Waals surface area contributed by atoms with Crippen molar-refractivity contribution in [2.24, 2.45) is 0 Å². The number of aromatic nitrogens is 2. The van der Waals surface area contributed by atoms with Gasteiger partial charge in [-0.3, -0.25) is 0 Å². The molecule has 1 aliphatic carbocycles. The second-order valence-electron chi connectivity index (χ2n) is 6.55. The van der Waals surface area contributed by atoms with Crippen LogP contribution in [0.2, 0.25) is 0 Å². The molecule has 2 nitrogen and oxygen atoms in total. The summed E-state index contributed by atoms with van der Waals surface area (Å²) in [5.41, 5.74) is 7.55. The minimum absolute atomic E-state index is 0.135. The summed E-state index contributed by atoms with van der Waals surface area (Å²) in [5.74, 6) is 0. The maximum absolute atomic E-state index is 4.94. The fraction of sp³-hybridized carbons (Fsp3) is 0.278. The summed E-state index contributed by atoms with van der Waals surface area (Å²) in [4.78, 5) is 4.94. The van der Waals surface area contributed by atoms with Gasteiger partial charge in [-0.1, -0.05) is 38.1 Å². The van der Waals surface area contributed by atoms with Gasteiger partial charge in [0.1, 0.15) is 5.65 Å². The molecule has 1 aliphatic rings. The molecule has 0 bridgehead atoms. The minimum Gasteiger partial charge on any atom is -0.302 e. The molecule has 0 saturated carbocycles. The van der Waals surface area contributed by atoms with E-state index in [0.29, 0.717) is 0 Å². The SMILES string of the molecule is Cc1cc(Br)cn2c3c(nc12)-c1ccccc1C(C)(C)C3. The van der Waals surface area contributed by atoms with Crippen LogP contribution in [0.15, 0.2) is 41.0 Å². The molecule has 0 amide bonds. The summed E-state index contributed by atoms with van der Waals surface area (Å²) in [7, 11) is 0. The lowest BCUT2D eigenvalue weighted by molar-refractivity contribution is 0.507. The van der Waals surface area contributed by atoms with Crippen molar-refractivity contribution in [3.63, 3.8) is 0 Å². The molecule has 2 heterocycles. The molecule has 3 aromatic rings. The van der Waals surface area contributed by atoms with Gasteiger partial charge < -0.3 is 4.40 Å². The van der Waals surface area contributed by atoms with Crippen molar-refractivity contribution in [1.82, 2.24) is 9.38 Å². The second-order valence-corrected chi connectivity index (χ2v) is 7.46. The highest BCUT2D eigenvalue weighted by Gasteiger charge is 2.33. The molecule has 2 aromatic heterocycles. The van der Waals surface area contributed by atoms with Gasteiger partial charge in [0.25, 0.3) is 0 Å². The summed E-state index contributed by atoms with van der Waals surface area (Å²) in [6.45, 7) is 6.76. The number of hydrogen-bond donors (Lipinski definition) is 0. The molecule has 106 valence electrons. The quantitative estimate of drug-likeness (QED) is 0.568. The lowest BCUT2D eigenvalue weighted by atomic mass is 9.73. The number of imidazole rings is 1. The maximum atomic E-state index is 4.94. The average molecular weight is 341 g/mol. The van der Waals surface area contributed by atoms with Crippen molar-refractivity contribution >= 4 is 21.6 Å². The van der Waals surface area contributed by atoms with Crippen LogP contribution in [-0.4, -0.2) is 9.38 Å². The molecule has 0 atom stereocenters. The number of halogens is 1. The number of aryl methyl sites for hydroxylation is 1. The van der Waals surface area contributed by atoms with Gasteiger partial charge in [0.15, 0.2) is 0 Å². The molecule has 3 heteroatoms. The van der Waals surface area contributed by atoms with Gasteiger partial charge in [-0.2, -0.15) is 0 Å². The highest BCUT2D eigenvalue weighted by molar-refractivity contribution is 9.10. The lowest BCUT2D eigenvalue weighted by Crippen LogP contribution is -2.26. The van der Waals surface area contributed by atoms with Crippen molar-refractivity contribution < 1.29 is 0 Å². The van der Waals surface area contributed by atoms with E-state index in [-0.39, 0.29) is 5.41 Å². The number of rotatable bonds is 0. The first-order valence-electron chi connectivity index (χ1n) is 7.24. The molecule has 0 saturated heterocycles. The van der Waals surface area contributed by atoms with E-state index in [9.17, 15) is 0 Å². The first-order valence-corrected chi connectivity index (χ1v) is 8.04. The lowest BCUT2D eigenvalue weighted by Gasteiger charge is -2.32. The molecule has 0 N–H and O–H groups in total. The Bertz CT molecular complexity index is 874. The van der Waals surface area contributed by atoms with Crippen LogP contribution < -0.4 is 0 Å². The zero-order valence-electron chi connectivity index (χ0n) is 12.4. The van der Waals surface area contributed by atoms with Crippen LogP contribution in [0.4, 0.5) is 0 Å². The summed E-state index contributed by atoms with van der Waals surface area (Å²) in [6, 6.07) is 10.8. The minimum atomic E-state index is 0.135. The van der Waals surface area contributed by atoms with Crippen molar-refractivity contribution in [3.05, 3.63) is 57.8 Å². The van der Waals surface area contributed by atoms with Gasteiger partial charge >= 0.3 is 0 Å². The third-order valence-electron chi connectivity index (χ3n) is 4.49. The van der Waals surface area contributed by atoms with Crippen LogP contribution >= 0.6 is 15.9 Å². The van der Waals surface area contributed by atoms with Gasteiger partial charge in [0.05, 0.1) is 11.4 Å². The fourth-order valence-corrected chi connectivity index (χ4v) is 4.04. The third kappa shape index (κ3) is 1.80. The molecule has 21 heavy (non-hydrogen) atoms. The van der Waals surface area contributed by atoms with Gasteiger partial charge in [0.2, 0.25) is 0 Å². The Kier molecular flexibility index (Phi) is 2.62. The van der Waals surface area contributed by atoms with E-state index < -0.39 is 0 Å². The number of hydrogen-bond acceptors (Lipinski definition) is 1. The Balaban J connectivity index is 2.13. The van der Waals surface area contributed by atoms with Crippen LogP contribution in [0.25, 0.3) is 16.9 Å². The van der Waals surface area contributed by atoms with Crippen LogP contribution in [0.1, 0.15) is 30.7 Å². The summed E-state index contributed by atoms with van der Waals surface area (Å²) in [6.07, 6.45) is 3.15. The monoisotopic (exact) mass is 340 g/mol. The molecule has 1 aromatic carbocycles. The highest BCUT2D eigenvalue weighted by atomic mass is 79.9. The number of nitrogens with zero attached hydrogens (tertiary/aromatic N) is 2. The normalized spacial score (nSPS) is 15.8. The average Bonchev–Trinajstić information content (AvgIpc) is 2.78. The van der Waals surface area contributed by atoms with Crippen molar-refractivity contribution in [2.45, 2.75) is 32.6 Å².